The van der Waals surface area contributed by atoms with E-state index >= 15 is 0 Å². The molecule has 0 amide bonds. The molecule has 1 aromatic carbocycles. The fourth-order valence-electron chi connectivity index (χ4n) is 3.04. The van der Waals surface area contributed by atoms with E-state index in [2.05, 4.69) is 25.9 Å². The molecule has 0 bridgehead atoms. The standard InChI is InChI=1S/C18H25ClN6O2/c1-25(26,27)16-12-23-18(22-11-14-4-2-3-5-15(14)19)24-17(16)21-10-13-6-8-20-9-7-13/h2-5,12-13,20,26H,6-11H2,1H3,(H2,21,22,23,24). The van der Waals surface area contributed by atoms with E-state index in [9.17, 15) is 10.4 Å². The van der Waals surface area contributed by atoms with Gasteiger partial charge in [-0.3, -0.25) is 0 Å². The van der Waals surface area contributed by atoms with Gasteiger partial charge in [0.2, 0.25) is 11.6 Å². The quantitative estimate of drug-likeness (QED) is 0.424. The van der Waals surface area contributed by atoms with Crippen molar-refractivity contribution in [1.29, 1.82) is 0 Å². The van der Waals surface area contributed by atoms with Crippen molar-refractivity contribution in [1.82, 2.24) is 20.1 Å². The molecule has 1 aliphatic rings. The second-order valence-electron chi connectivity index (χ2n) is 6.83. The van der Waals surface area contributed by atoms with Gasteiger partial charge in [-0.1, -0.05) is 29.8 Å². The van der Waals surface area contributed by atoms with Crippen LogP contribution in [0.15, 0.2) is 30.5 Å². The van der Waals surface area contributed by atoms with Gasteiger partial charge in [-0.2, -0.15) is 9.79 Å². The zero-order chi connectivity index (χ0) is 19.3. The maximum absolute atomic E-state index is 12.0. The highest BCUT2D eigenvalue weighted by Crippen LogP contribution is 2.27. The molecule has 0 radical (unpaired) electrons. The Balaban J connectivity index is 1.72. The van der Waals surface area contributed by atoms with E-state index in [1.54, 1.807) is 0 Å². The monoisotopic (exact) mass is 392 g/mol. The number of quaternary nitrogens is 1. The van der Waals surface area contributed by atoms with Crippen molar-refractivity contribution in [3.05, 3.63) is 46.3 Å². The Bertz CT molecular complexity index is 762. The summed E-state index contributed by atoms with van der Waals surface area (Å²) in [6, 6.07) is 7.51. The number of anilines is 2. The Morgan fingerprint density at radius 2 is 2.04 bits per heavy atom. The van der Waals surface area contributed by atoms with Gasteiger partial charge in [-0.25, -0.2) is 10.2 Å². The first-order chi connectivity index (χ1) is 12.9. The third-order valence-electron chi connectivity index (χ3n) is 4.63. The summed E-state index contributed by atoms with van der Waals surface area (Å²) in [5.41, 5.74) is 0.995. The van der Waals surface area contributed by atoms with Gasteiger partial charge in [0.05, 0.1) is 6.20 Å². The van der Waals surface area contributed by atoms with E-state index < -0.39 is 4.81 Å². The summed E-state index contributed by atoms with van der Waals surface area (Å²) < 4.78 is 0. The number of nitrogens with one attached hydrogen (secondary N) is 3. The van der Waals surface area contributed by atoms with E-state index in [0.717, 1.165) is 38.5 Å². The van der Waals surface area contributed by atoms with Crippen molar-refractivity contribution in [2.45, 2.75) is 19.4 Å². The molecule has 1 fully saturated rings. The Hall–Kier alpha value is -1.97. The molecule has 0 aliphatic carbocycles. The SMILES string of the molecule is C[N+]([O-])(O)c1cnc(NCc2ccccc2Cl)nc1NCC1CCNCC1. The average molecular weight is 393 g/mol. The lowest BCUT2D eigenvalue weighted by molar-refractivity contribution is -0.00431. The molecule has 27 heavy (non-hydrogen) atoms. The molecular weight excluding hydrogens is 368 g/mol. The third-order valence-corrected chi connectivity index (χ3v) is 5.00. The summed E-state index contributed by atoms with van der Waals surface area (Å²) in [7, 11) is 1.13. The molecule has 8 nitrogen and oxygen atoms in total. The van der Waals surface area contributed by atoms with Gasteiger partial charge in [0.25, 0.3) is 0 Å². The van der Waals surface area contributed by atoms with E-state index in [0.29, 0.717) is 35.8 Å². The molecular formula is C18H25ClN6O2. The average Bonchev–Trinajstić information content (AvgIpc) is 2.66. The van der Waals surface area contributed by atoms with Gasteiger partial charge >= 0.3 is 0 Å². The van der Waals surface area contributed by atoms with Gasteiger partial charge in [0.15, 0.2) is 5.82 Å². The molecule has 2 aromatic rings. The minimum absolute atomic E-state index is 0.0761. The van der Waals surface area contributed by atoms with E-state index in [1.807, 2.05) is 24.3 Å². The lowest BCUT2D eigenvalue weighted by atomic mass is 9.98. The van der Waals surface area contributed by atoms with Crippen molar-refractivity contribution in [3.63, 3.8) is 0 Å². The van der Waals surface area contributed by atoms with Gasteiger partial charge < -0.3 is 21.2 Å². The van der Waals surface area contributed by atoms with E-state index in [4.69, 9.17) is 11.6 Å². The Morgan fingerprint density at radius 3 is 2.74 bits per heavy atom. The minimum Gasteiger partial charge on any atom is -0.593 e. The van der Waals surface area contributed by atoms with Crippen LogP contribution < -0.4 is 20.8 Å². The largest absolute Gasteiger partial charge is 0.593 e. The van der Waals surface area contributed by atoms with Crippen LogP contribution in [0.3, 0.4) is 0 Å². The summed E-state index contributed by atoms with van der Waals surface area (Å²) in [6.07, 6.45) is 3.47. The number of hydrogen-bond donors (Lipinski definition) is 4. The normalized spacial score (nSPS) is 17.3. The number of benzene rings is 1. The molecule has 3 rings (SSSR count). The predicted molar refractivity (Wildman–Crippen MR) is 108 cm³/mol. The smallest absolute Gasteiger partial charge is 0.226 e. The van der Waals surface area contributed by atoms with Crippen LogP contribution in [0.2, 0.25) is 5.02 Å². The summed E-state index contributed by atoms with van der Waals surface area (Å²) in [4.78, 5) is 6.97. The second-order valence-corrected chi connectivity index (χ2v) is 7.23. The Labute approximate surface area is 163 Å². The highest BCUT2D eigenvalue weighted by molar-refractivity contribution is 6.31. The lowest BCUT2D eigenvalue weighted by Crippen LogP contribution is -2.35. The predicted octanol–water partition coefficient (Wildman–Crippen LogP) is 2.98. The maximum Gasteiger partial charge on any atom is 0.226 e. The van der Waals surface area contributed by atoms with Crippen molar-refractivity contribution in [2.75, 3.05) is 37.3 Å². The van der Waals surface area contributed by atoms with Crippen LogP contribution in [0.4, 0.5) is 17.5 Å². The molecule has 1 saturated heterocycles. The fraction of sp³-hybridized carbons (Fsp3) is 0.444. The van der Waals surface area contributed by atoms with Crippen molar-refractivity contribution in [2.24, 2.45) is 5.92 Å². The summed E-state index contributed by atoms with van der Waals surface area (Å²) in [6.45, 7) is 3.12. The number of rotatable bonds is 7. The molecule has 146 valence electrons. The maximum atomic E-state index is 12.0. The van der Waals surface area contributed by atoms with Crippen molar-refractivity contribution >= 4 is 29.1 Å². The van der Waals surface area contributed by atoms with Crippen molar-refractivity contribution in [3.8, 4) is 0 Å². The molecule has 4 N–H and O–H groups in total. The van der Waals surface area contributed by atoms with Crippen LogP contribution in [-0.4, -0.2) is 41.9 Å². The summed E-state index contributed by atoms with van der Waals surface area (Å²) in [5.74, 6) is 1.20. The summed E-state index contributed by atoms with van der Waals surface area (Å²) in [5, 5.41) is 32.2. The molecule has 1 atom stereocenters. The number of hydrogen-bond acceptors (Lipinski definition) is 7. The highest BCUT2D eigenvalue weighted by Gasteiger charge is 2.22. The molecule has 1 aromatic heterocycles. The number of aromatic nitrogens is 2. The minimum atomic E-state index is -1.58. The Morgan fingerprint density at radius 1 is 1.30 bits per heavy atom. The van der Waals surface area contributed by atoms with Crippen LogP contribution in [0, 0.1) is 11.1 Å². The van der Waals surface area contributed by atoms with Crippen LogP contribution >= 0.6 is 11.6 Å². The summed E-state index contributed by atoms with van der Waals surface area (Å²) >= 11 is 6.17. The fourth-order valence-corrected chi connectivity index (χ4v) is 3.24. The number of hydroxylamine groups is 2. The zero-order valence-electron chi connectivity index (χ0n) is 15.3. The van der Waals surface area contributed by atoms with Gasteiger partial charge in [0.1, 0.15) is 7.05 Å². The molecule has 2 heterocycles. The molecule has 1 unspecified atom stereocenters. The lowest BCUT2D eigenvalue weighted by Gasteiger charge is -2.30. The van der Waals surface area contributed by atoms with Gasteiger partial charge in [0, 0.05) is 18.1 Å². The Kier molecular flexibility index (Phi) is 6.46. The number of piperidine rings is 1. The topological polar surface area (TPSA) is 105 Å². The zero-order valence-corrected chi connectivity index (χ0v) is 16.0. The van der Waals surface area contributed by atoms with E-state index in [1.165, 1.54) is 6.20 Å². The second kappa shape index (κ2) is 8.81. The molecule has 1 aliphatic heterocycles. The number of nitrogens with zero attached hydrogens (tertiary/aromatic N) is 3. The first-order valence-corrected chi connectivity index (χ1v) is 9.41. The third kappa shape index (κ3) is 5.50. The van der Waals surface area contributed by atoms with Crippen LogP contribution in [-0.2, 0) is 6.54 Å². The van der Waals surface area contributed by atoms with Gasteiger partial charge in [-0.05, 0) is 43.5 Å². The molecule has 9 heteroatoms. The van der Waals surface area contributed by atoms with Crippen molar-refractivity contribution < 1.29 is 5.21 Å². The highest BCUT2D eigenvalue weighted by atomic mass is 35.5. The van der Waals surface area contributed by atoms with Gasteiger partial charge in [-0.15, -0.1) is 0 Å². The molecule has 0 spiro atoms. The first kappa shape index (κ1) is 19.8. The van der Waals surface area contributed by atoms with Crippen LogP contribution in [0.5, 0.6) is 0 Å². The van der Waals surface area contributed by atoms with Crippen LogP contribution in [0.1, 0.15) is 18.4 Å². The van der Waals surface area contributed by atoms with E-state index in [-0.39, 0.29) is 5.69 Å². The first-order valence-electron chi connectivity index (χ1n) is 9.03. The molecule has 0 saturated carbocycles. The number of halogens is 1. The van der Waals surface area contributed by atoms with Crippen LogP contribution in [0.25, 0.3) is 0 Å².